The van der Waals surface area contributed by atoms with Gasteiger partial charge >= 0.3 is 5.97 Å². The molecule has 7 nitrogen and oxygen atoms in total. The number of benzene rings is 1. The number of amides is 3. The minimum absolute atomic E-state index is 0.136. The van der Waals surface area contributed by atoms with Crippen molar-refractivity contribution in [3.8, 4) is 0 Å². The van der Waals surface area contributed by atoms with Crippen molar-refractivity contribution in [2.45, 2.75) is 32.7 Å². The molecule has 7 atom stereocenters. The van der Waals surface area contributed by atoms with Crippen LogP contribution in [-0.2, 0) is 19.1 Å². The summed E-state index contributed by atoms with van der Waals surface area (Å²) in [6.45, 7) is 3.87. The van der Waals surface area contributed by atoms with Crippen molar-refractivity contribution in [3.05, 3.63) is 42.0 Å². The van der Waals surface area contributed by atoms with Crippen LogP contribution in [-0.4, -0.2) is 41.2 Å². The Hall–Kier alpha value is -2.96. The molecule has 2 saturated carbocycles. The van der Waals surface area contributed by atoms with Crippen molar-refractivity contribution in [1.29, 1.82) is 0 Å². The minimum atomic E-state index is -0.893. The Kier molecular flexibility index (Phi) is 4.72. The van der Waals surface area contributed by atoms with Crippen molar-refractivity contribution in [1.82, 2.24) is 4.90 Å². The Morgan fingerprint density at radius 2 is 1.65 bits per heavy atom. The molecule has 7 heteroatoms. The highest BCUT2D eigenvalue weighted by molar-refractivity contribution is 6.10. The van der Waals surface area contributed by atoms with Crippen LogP contribution in [0.25, 0.3) is 0 Å². The zero-order valence-electron chi connectivity index (χ0n) is 17.6. The van der Waals surface area contributed by atoms with Crippen molar-refractivity contribution in [3.63, 3.8) is 0 Å². The third-order valence-corrected chi connectivity index (χ3v) is 7.29. The smallest absolute Gasteiger partial charge is 0.338 e. The molecule has 5 aliphatic rings. The maximum atomic E-state index is 13.1. The fraction of sp³-hybridized carbons (Fsp3) is 0.500. The number of imide groups is 1. The van der Waals surface area contributed by atoms with Crippen molar-refractivity contribution in [2.75, 3.05) is 11.9 Å². The zero-order chi connectivity index (χ0) is 21.9. The number of nitrogens with one attached hydrogen (secondary N) is 1. The summed E-state index contributed by atoms with van der Waals surface area (Å²) in [5.41, 5.74) is 0.887. The highest BCUT2D eigenvalue weighted by Gasteiger charge is 2.67. The fourth-order valence-electron chi connectivity index (χ4n) is 5.69. The van der Waals surface area contributed by atoms with Crippen LogP contribution in [0.3, 0.4) is 0 Å². The van der Waals surface area contributed by atoms with E-state index in [1.54, 1.807) is 31.2 Å². The summed E-state index contributed by atoms with van der Waals surface area (Å²) in [5.74, 6) is -0.553. The van der Waals surface area contributed by atoms with E-state index in [0.29, 0.717) is 29.7 Å². The van der Waals surface area contributed by atoms with Gasteiger partial charge in [-0.15, -0.1) is 0 Å². The van der Waals surface area contributed by atoms with Gasteiger partial charge in [-0.1, -0.05) is 19.1 Å². The molecule has 0 radical (unpaired) electrons. The zero-order valence-corrected chi connectivity index (χ0v) is 17.6. The molecule has 1 saturated heterocycles. The van der Waals surface area contributed by atoms with E-state index in [1.165, 1.54) is 4.90 Å². The van der Waals surface area contributed by atoms with Gasteiger partial charge in [-0.3, -0.25) is 19.3 Å². The summed E-state index contributed by atoms with van der Waals surface area (Å²) in [6.07, 6.45) is 6.08. The van der Waals surface area contributed by atoms with Gasteiger partial charge in [-0.05, 0) is 67.7 Å². The monoisotopic (exact) mass is 422 g/mol. The number of ether oxygens (including phenoxy) is 1. The van der Waals surface area contributed by atoms with Crippen LogP contribution in [0.1, 0.15) is 37.0 Å². The number of rotatable bonds is 6. The lowest BCUT2D eigenvalue weighted by Crippen LogP contribution is -2.46. The lowest BCUT2D eigenvalue weighted by atomic mass is 9.63. The molecule has 1 heterocycles. The standard InChI is InChI=1S/C24H26N2O5/c1-3-10-31-24(30)13-4-6-14(7-5-13)25-21(27)12(2)26-22(28)19-15-8-9-16(18-11-17(15)18)20(19)23(26)29/h4-9,12,15-20H,3,10-11H2,1-2H3,(H,25,27)/t12-,15-,16-,17-,18-,19+,20+/m0/s1. The van der Waals surface area contributed by atoms with E-state index in [4.69, 9.17) is 4.74 Å². The first kappa shape index (κ1) is 20.0. The fourth-order valence-corrected chi connectivity index (χ4v) is 5.69. The van der Waals surface area contributed by atoms with Crippen LogP contribution < -0.4 is 5.32 Å². The largest absolute Gasteiger partial charge is 0.462 e. The van der Waals surface area contributed by atoms with Gasteiger partial charge in [0.25, 0.3) is 0 Å². The number of hydrogen-bond donors (Lipinski definition) is 1. The summed E-state index contributed by atoms with van der Waals surface area (Å²) >= 11 is 0. The van der Waals surface area contributed by atoms with E-state index in [0.717, 1.165) is 12.8 Å². The molecular weight excluding hydrogens is 396 g/mol. The van der Waals surface area contributed by atoms with Crippen LogP contribution in [0.2, 0.25) is 0 Å². The Balaban J connectivity index is 1.26. The van der Waals surface area contributed by atoms with Gasteiger partial charge in [0.2, 0.25) is 17.7 Å². The van der Waals surface area contributed by atoms with Crippen LogP contribution in [0, 0.1) is 35.5 Å². The SMILES string of the molecule is CCCOC(=O)c1ccc(NC(=O)[C@H](C)N2C(=O)[C@@H]3[C@H]4C=C[C@@H]([C@@H]5C[C@@H]45)[C@H]3C2=O)cc1. The maximum Gasteiger partial charge on any atom is 0.338 e. The van der Waals surface area contributed by atoms with E-state index in [-0.39, 0.29) is 35.5 Å². The van der Waals surface area contributed by atoms with E-state index in [2.05, 4.69) is 17.5 Å². The number of carbonyl (C=O) groups excluding carboxylic acids is 4. The second-order valence-corrected chi connectivity index (χ2v) is 9.08. The first-order valence-corrected chi connectivity index (χ1v) is 11.1. The molecule has 6 rings (SSSR count). The number of carbonyl (C=O) groups is 4. The van der Waals surface area contributed by atoms with Gasteiger partial charge in [-0.2, -0.15) is 0 Å². The first-order valence-electron chi connectivity index (χ1n) is 11.1. The molecule has 4 aliphatic carbocycles. The summed E-state index contributed by atoms with van der Waals surface area (Å²) in [7, 11) is 0. The minimum Gasteiger partial charge on any atom is -0.462 e. The molecule has 162 valence electrons. The van der Waals surface area contributed by atoms with Crippen molar-refractivity contribution >= 4 is 29.4 Å². The molecule has 1 aromatic rings. The van der Waals surface area contributed by atoms with Gasteiger partial charge in [0.1, 0.15) is 6.04 Å². The Labute approximate surface area is 180 Å². The number of allylic oxidation sites excluding steroid dienone is 2. The molecule has 1 N–H and O–H groups in total. The van der Waals surface area contributed by atoms with Crippen LogP contribution in [0.5, 0.6) is 0 Å². The van der Waals surface area contributed by atoms with Crippen molar-refractivity contribution < 1.29 is 23.9 Å². The number of likely N-dealkylation sites (tertiary alicyclic amines) is 1. The number of esters is 1. The third kappa shape index (κ3) is 3.09. The normalized spacial score (nSPS) is 33.0. The van der Waals surface area contributed by atoms with Gasteiger partial charge in [0.15, 0.2) is 0 Å². The van der Waals surface area contributed by atoms with Gasteiger partial charge in [0.05, 0.1) is 24.0 Å². The molecule has 0 aromatic heterocycles. The Morgan fingerprint density at radius 3 is 2.19 bits per heavy atom. The summed E-state index contributed by atoms with van der Waals surface area (Å²) < 4.78 is 5.09. The van der Waals surface area contributed by atoms with E-state index < -0.39 is 17.9 Å². The number of anilines is 1. The van der Waals surface area contributed by atoms with Crippen LogP contribution in [0.15, 0.2) is 36.4 Å². The van der Waals surface area contributed by atoms with E-state index in [9.17, 15) is 19.2 Å². The molecule has 1 aromatic carbocycles. The first-order chi connectivity index (χ1) is 14.9. The molecule has 3 amide bonds. The number of nitrogens with zero attached hydrogens (tertiary/aromatic N) is 1. The summed E-state index contributed by atoms with van der Waals surface area (Å²) in [6, 6.07) is 5.48. The second kappa shape index (κ2) is 7.32. The van der Waals surface area contributed by atoms with Gasteiger partial charge < -0.3 is 10.1 Å². The molecule has 2 bridgehead atoms. The predicted molar refractivity (Wildman–Crippen MR) is 112 cm³/mol. The average Bonchev–Trinajstić information content (AvgIpc) is 3.55. The predicted octanol–water partition coefficient (Wildman–Crippen LogP) is 2.63. The van der Waals surface area contributed by atoms with Crippen LogP contribution >= 0.6 is 0 Å². The van der Waals surface area contributed by atoms with Gasteiger partial charge in [-0.25, -0.2) is 4.79 Å². The molecule has 3 fully saturated rings. The highest BCUT2D eigenvalue weighted by Crippen LogP contribution is 2.65. The second-order valence-electron chi connectivity index (χ2n) is 9.08. The maximum absolute atomic E-state index is 13.1. The highest BCUT2D eigenvalue weighted by atomic mass is 16.5. The number of hydrogen-bond acceptors (Lipinski definition) is 5. The van der Waals surface area contributed by atoms with E-state index >= 15 is 0 Å². The summed E-state index contributed by atoms with van der Waals surface area (Å²) in [5, 5.41) is 2.75. The topological polar surface area (TPSA) is 92.8 Å². The molecule has 0 unspecified atom stereocenters. The molecular formula is C24H26N2O5. The third-order valence-electron chi connectivity index (χ3n) is 7.29. The lowest BCUT2D eigenvalue weighted by Gasteiger charge is -2.37. The van der Waals surface area contributed by atoms with Crippen LogP contribution in [0.4, 0.5) is 5.69 Å². The van der Waals surface area contributed by atoms with Crippen molar-refractivity contribution in [2.24, 2.45) is 35.5 Å². The quantitative estimate of drug-likeness (QED) is 0.432. The van der Waals surface area contributed by atoms with Gasteiger partial charge in [0, 0.05) is 5.69 Å². The van der Waals surface area contributed by atoms with E-state index in [1.807, 2.05) is 6.92 Å². The molecule has 1 aliphatic heterocycles. The lowest BCUT2D eigenvalue weighted by molar-refractivity contribution is -0.146. The molecule has 31 heavy (non-hydrogen) atoms. The Bertz CT molecular complexity index is 948. The molecule has 0 spiro atoms. The Morgan fingerprint density at radius 1 is 1.06 bits per heavy atom. The average molecular weight is 422 g/mol. The summed E-state index contributed by atoms with van der Waals surface area (Å²) in [4.78, 5) is 52.2.